The monoisotopic (exact) mass is 279 g/mol. The smallest absolute Gasteiger partial charge is 0.0960 e. The highest BCUT2D eigenvalue weighted by Gasteiger charge is 2.75. The van der Waals surface area contributed by atoms with Crippen molar-refractivity contribution in [1.82, 2.24) is 5.32 Å². The van der Waals surface area contributed by atoms with E-state index in [1.165, 1.54) is 11.1 Å². The molecule has 2 aromatic carbocycles. The zero-order valence-electron chi connectivity index (χ0n) is 12.3. The molecular weight excluding hydrogens is 258 g/mol. The first kappa shape index (κ1) is 13.1. The van der Waals surface area contributed by atoms with E-state index in [0.29, 0.717) is 13.1 Å². The van der Waals surface area contributed by atoms with Crippen LogP contribution >= 0.6 is 0 Å². The maximum atomic E-state index is 11.0. The Bertz CT molecular complexity index is 608. The van der Waals surface area contributed by atoms with Crippen LogP contribution in [-0.2, 0) is 5.41 Å². The van der Waals surface area contributed by atoms with Crippen molar-refractivity contribution in [2.75, 3.05) is 13.1 Å². The fourth-order valence-corrected chi connectivity index (χ4v) is 4.25. The molecule has 4 rings (SSSR count). The van der Waals surface area contributed by atoms with Gasteiger partial charge in [-0.2, -0.15) is 0 Å². The first-order chi connectivity index (χ1) is 10.1. The second kappa shape index (κ2) is 4.19. The maximum Gasteiger partial charge on any atom is 0.0960 e. The minimum absolute atomic E-state index is 0.0631. The fraction of sp³-hybridized carbons (Fsp3) is 0.368. The van der Waals surface area contributed by atoms with Crippen LogP contribution in [-0.4, -0.2) is 23.8 Å². The minimum Gasteiger partial charge on any atom is -0.387 e. The van der Waals surface area contributed by atoms with Crippen molar-refractivity contribution in [1.29, 1.82) is 0 Å². The van der Waals surface area contributed by atoms with Gasteiger partial charge in [0.25, 0.3) is 0 Å². The molecule has 108 valence electrons. The molecule has 21 heavy (non-hydrogen) atoms. The molecule has 1 aliphatic heterocycles. The number of aliphatic hydroxyl groups is 1. The largest absolute Gasteiger partial charge is 0.387 e. The van der Waals surface area contributed by atoms with Gasteiger partial charge < -0.3 is 10.4 Å². The summed E-state index contributed by atoms with van der Waals surface area (Å²) in [5.74, 6) is 0. The second-order valence-electron chi connectivity index (χ2n) is 6.78. The van der Waals surface area contributed by atoms with Gasteiger partial charge in [-0.3, -0.25) is 0 Å². The number of β-amino-alcohol motifs (C(OH)–C–C–N with tert-alkyl or cyclic N) is 1. The van der Waals surface area contributed by atoms with E-state index >= 15 is 0 Å². The molecule has 2 aliphatic rings. The van der Waals surface area contributed by atoms with Crippen molar-refractivity contribution in [3.63, 3.8) is 0 Å². The topological polar surface area (TPSA) is 32.3 Å². The number of rotatable bonds is 3. The lowest BCUT2D eigenvalue weighted by atomic mass is 9.70. The van der Waals surface area contributed by atoms with Gasteiger partial charge >= 0.3 is 0 Å². The van der Waals surface area contributed by atoms with Crippen LogP contribution in [0.15, 0.2) is 60.7 Å². The van der Waals surface area contributed by atoms with E-state index in [0.717, 1.165) is 6.42 Å². The van der Waals surface area contributed by atoms with Crippen LogP contribution in [0, 0.1) is 5.41 Å². The van der Waals surface area contributed by atoms with E-state index in [2.05, 4.69) is 72.9 Å². The van der Waals surface area contributed by atoms with Gasteiger partial charge in [-0.15, -0.1) is 0 Å². The molecule has 0 radical (unpaired) electrons. The summed E-state index contributed by atoms with van der Waals surface area (Å²) in [6.45, 7) is 3.64. The summed E-state index contributed by atoms with van der Waals surface area (Å²) in [4.78, 5) is 0. The Kier molecular flexibility index (Phi) is 2.60. The normalized spacial score (nSPS) is 28.7. The zero-order chi connectivity index (χ0) is 14.6. The first-order valence-corrected chi connectivity index (χ1v) is 7.67. The highest BCUT2D eigenvalue weighted by molar-refractivity contribution is 5.52. The molecule has 1 aliphatic carbocycles. The number of hydrogen-bond donors (Lipinski definition) is 2. The van der Waals surface area contributed by atoms with Crippen LogP contribution in [0.4, 0.5) is 0 Å². The Labute approximate surface area is 125 Å². The van der Waals surface area contributed by atoms with Crippen LogP contribution < -0.4 is 5.32 Å². The third-order valence-electron chi connectivity index (χ3n) is 5.83. The first-order valence-electron chi connectivity index (χ1n) is 7.67. The van der Waals surface area contributed by atoms with Crippen molar-refractivity contribution in [2.45, 2.75) is 24.4 Å². The summed E-state index contributed by atoms with van der Waals surface area (Å²) in [5, 5.41) is 14.2. The van der Waals surface area contributed by atoms with Crippen LogP contribution in [0.2, 0.25) is 0 Å². The Morgan fingerprint density at radius 2 is 1.33 bits per heavy atom. The number of benzene rings is 2. The molecule has 1 saturated carbocycles. The molecule has 0 bridgehead atoms. The van der Waals surface area contributed by atoms with Crippen molar-refractivity contribution in [2.24, 2.45) is 5.41 Å². The molecule has 1 unspecified atom stereocenters. The van der Waals surface area contributed by atoms with Crippen LogP contribution in [0.5, 0.6) is 0 Å². The molecular formula is C19H21NO. The van der Waals surface area contributed by atoms with E-state index in [1.54, 1.807) is 0 Å². The molecule has 0 spiro atoms. The lowest BCUT2D eigenvalue weighted by molar-refractivity contribution is -0.0748. The van der Waals surface area contributed by atoms with Gasteiger partial charge in [0.2, 0.25) is 0 Å². The SMILES string of the molecule is CC1(C2(O)CNC2)CC1(c1ccccc1)c1ccccc1. The molecule has 0 amide bonds. The highest BCUT2D eigenvalue weighted by Crippen LogP contribution is 2.72. The predicted molar refractivity (Wildman–Crippen MR) is 84.2 cm³/mol. The third-order valence-corrected chi connectivity index (χ3v) is 5.83. The highest BCUT2D eigenvalue weighted by atomic mass is 16.3. The van der Waals surface area contributed by atoms with Gasteiger partial charge in [0.1, 0.15) is 0 Å². The van der Waals surface area contributed by atoms with Gasteiger partial charge in [-0.25, -0.2) is 0 Å². The second-order valence-corrected chi connectivity index (χ2v) is 6.78. The third kappa shape index (κ3) is 1.55. The standard InChI is InChI=1S/C19H21NO/c1-17(18(21)13-20-14-18)12-19(17,15-8-4-2-5-9-15)16-10-6-3-7-11-16/h2-11,20-21H,12-14H2,1H3. The van der Waals surface area contributed by atoms with Gasteiger partial charge in [0.05, 0.1) is 5.60 Å². The van der Waals surface area contributed by atoms with Crippen LogP contribution in [0.3, 0.4) is 0 Å². The Morgan fingerprint density at radius 1 is 0.857 bits per heavy atom. The molecule has 2 aromatic rings. The molecule has 1 atom stereocenters. The quantitative estimate of drug-likeness (QED) is 0.905. The van der Waals surface area contributed by atoms with Crippen LogP contribution in [0.25, 0.3) is 0 Å². The van der Waals surface area contributed by atoms with E-state index in [1.807, 2.05) is 0 Å². The van der Waals surface area contributed by atoms with E-state index in [4.69, 9.17) is 0 Å². The number of hydrogen-bond acceptors (Lipinski definition) is 2. The van der Waals surface area contributed by atoms with Gasteiger partial charge in [-0.1, -0.05) is 67.6 Å². The average molecular weight is 279 g/mol. The lowest BCUT2D eigenvalue weighted by Crippen LogP contribution is -2.65. The summed E-state index contributed by atoms with van der Waals surface area (Å²) < 4.78 is 0. The average Bonchev–Trinajstić information content (AvgIpc) is 3.16. The molecule has 1 heterocycles. The molecule has 1 saturated heterocycles. The van der Waals surface area contributed by atoms with E-state index in [9.17, 15) is 5.11 Å². The molecule has 2 fully saturated rings. The van der Waals surface area contributed by atoms with Gasteiger partial charge in [0, 0.05) is 23.9 Å². The van der Waals surface area contributed by atoms with Gasteiger partial charge in [0.15, 0.2) is 0 Å². The zero-order valence-corrected chi connectivity index (χ0v) is 12.3. The van der Waals surface area contributed by atoms with Crippen molar-refractivity contribution >= 4 is 0 Å². The lowest BCUT2D eigenvalue weighted by Gasteiger charge is -2.46. The maximum absolute atomic E-state index is 11.0. The summed E-state index contributed by atoms with van der Waals surface area (Å²) in [6.07, 6.45) is 1.01. The Balaban J connectivity index is 1.87. The Hall–Kier alpha value is -1.64. The number of nitrogens with one attached hydrogen (secondary N) is 1. The van der Waals surface area contributed by atoms with Crippen molar-refractivity contribution < 1.29 is 5.11 Å². The fourth-order valence-electron chi connectivity index (χ4n) is 4.25. The summed E-state index contributed by atoms with van der Waals surface area (Å²) in [6, 6.07) is 21.3. The van der Waals surface area contributed by atoms with Gasteiger partial charge in [-0.05, 0) is 17.5 Å². The predicted octanol–water partition coefficient (Wildman–Crippen LogP) is 2.72. The summed E-state index contributed by atoms with van der Waals surface area (Å²) in [5.41, 5.74) is 1.87. The molecule has 2 N–H and O–H groups in total. The molecule has 0 aromatic heterocycles. The summed E-state index contributed by atoms with van der Waals surface area (Å²) in [7, 11) is 0. The van der Waals surface area contributed by atoms with Crippen molar-refractivity contribution in [3.05, 3.63) is 71.8 Å². The summed E-state index contributed by atoms with van der Waals surface area (Å²) >= 11 is 0. The van der Waals surface area contributed by atoms with E-state index < -0.39 is 5.60 Å². The molecule has 2 heteroatoms. The van der Waals surface area contributed by atoms with E-state index in [-0.39, 0.29) is 10.8 Å². The molecule has 2 nitrogen and oxygen atoms in total. The van der Waals surface area contributed by atoms with Crippen molar-refractivity contribution in [3.8, 4) is 0 Å². The minimum atomic E-state index is -0.599. The Morgan fingerprint density at radius 3 is 1.71 bits per heavy atom. The van der Waals surface area contributed by atoms with Crippen LogP contribution in [0.1, 0.15) is 24.5 Å².